The van der Waals surface area contributed by atoms with Crippen molar-refractivity contribution in [3.8, 4) is 0 Å². The number of piperidine rings is 1. The Morgan fingerprint density at radius 2 is 2.16 bits per heavy atom. The van der Waals surface area contributed by atoms with Crippen molar-refractivity contribution in [3.63, 3.8) is 0 Å². The molecule has 0 atom stereocenters. The van der Waals surface area contributed by atoms with Crippen molar-refractivity contribution in [2.75, 3.05) is 18.8 Å². The van der Waals surface area contributed by atoms with Crippen LogP contribution in [0.1, 0.15) is 26.7 Å². The Labute approximate surface area is 122 Å². The Morgan fingerprint density at radius 3 is 2.79 bits per heavy atom. The third-order valence-electron chi connectivity index (χ3n) is 3.33. The van der Waals surface area contributed by atoms with Gasteiger partial charge in [-0.05, 0) is 40.3 Å². The van der Waals surface area contributed by atoms with E-state index in [1.807, 2.05) is 0 Å². The minimum atomic E-state index is -3.57. The van der Waals surface area contributed by atoms with Gasteiger partial charge in [0, 0.05) is 23.8 Å². The van der Waals surface area contributed by atoms with Gasteiger partial charge >= 0.3 is 0 Å². The van der Waals surface area contributed by atoms with Crippen LogP contribution in [-0.4, -0.2) is 30.8 Å². The molecule has 0 amide bonds. The lowest BCUT2D eigenvalue weighted by Crippen LogP contribution is -2.43. The van der Waals surface area contributed by atoms with E-state index in [2.05, 4.69) is 34.8 Å². The van der Waals surface area contributed by atoms with E-state index < -0.39 is 10.0 Å². The molecule has 1 aliphatic rings. The van der Waals surface area contributed by atoms with Crippen LogP contribution in [0.2, 0.25) is 0 Å². The van der Waals surface area contributed by atoms with Gasteiger partial charge in [-0.25, -0.2) is 13.4 Å². The molecule has 1 saturated heterocycles. The fraction of sp³-hybridized carbons (Fsp3) is 0.583. The number of nitrogens with two attached hydrogens (primary N) is 1. The number of nitrogens with zero attached hydrogens (tertiary/aromatic N) is 2. The van der Waals surface area contributed by atoms with Crippen molar-refractivity contribution in [1.82, 2.24) is 9.29 Å². The predicted molar refractivity (Wildman–Crippen MR) is 78.1 cm³/mol. The third kappa shape index (κ3) is 3.09. The van der Waals surface area contributed by atoms with Crippen LogP contribution in [0.15, 0.2) is 21.6 Å². The van der Waals surface area contributed by atoms with Gasteiger partial charge in [0.05, 0.1) is 0 Å². The van der Waals surface area contributed by atoms with Gasteiger partial charge in [0.25, 0.3) is 0 Å². The Morgan fingerprint density at radius 1 is 1.47 bits per heavy atom. The van der Waals surface area contributed by atoms with Crippen molar-refractivity contribution >= 4 is 31.8 Å². The third-order valence-corrected chi connectivity index (χ3v) is 5.64. The summed E-state index contributed by atoms with van der Waals surface area (Å²) in [5.74, 6) is 0.0478. The van der Waals surface area contributed by atoms with Crippen LogP contribution < -0.4 is 5.73 Å². The maximum Gasteiger partial charge on any atom is 0.246 e. The summed E-state index contributed by atoms with van der Waals surface area (Å²) < 4.78 is 27.4. The molecule has 0 radical (unpaired) electrons. The van der Waals surface area contributed by atoms with E-state index in [1.165, 1.54) is 16.6 Å². The Bertz CT molecular complexity index is 587. The van der Waals surface area contributed by atoms with E-state index >= 15 is 0 Å². The Balaban J connectivity index is 2.39. The van der Waals surface area contributed by atoms with Crippen molar-refractivity contribution in [2.24, 2.45) is 5.41 Å². The summed E-state index contributed by atoms with van der Waals surface area (Å²) in [4.78, 5) is 3.98. The van der Waals surface area contributed by atoms with Gasteiger partial charge in [-0.15, -0.1) is 0 Å². The van der Waals surface area contributed by atoms with Gasteiger partial charge in [0.15, 0.2) is 0 Å². The first-order chi connectivity index (χ1) is 8.72. The molecule has 0 aromatic carbocycles. The lowest BCUT2D eigenvalue weighted by molar-refractivity contribution is 0.187. The maximum absolute atomic E-state index is 12.6. The number of halogens is 1. The molecule has 1 fully saturated rings. The van der Waals surface area contributed by atoms with E-state index in [-0.39, 0.29) is 16.1 Å². The minimum Gasteiger partial charge on any atom is -0.383 e. The van der Waals surface area contributed by atoms with Crippen LogP contribution in [0.25, 0.3) is 0 Å². The largest absolute Gasteiger partial charge is 0.383 e. The van der Waals surface area contributed by atoms with Gasteiger partial charge in [0.1, 0.15) is 10.7 Å². The zero-order chi connectivity index (χ0) is 14.3. The van der Waals surface area contributed by atoms with Crippen LogP contribution in [0, 0.1) is 5.41 Å². The molecule has 1 aliphatic heterocycles. The molecule has 1 aromatic heterocycles. The number of hydrogen-bond donors (Lipinski definition) is 1. The van der Waals surface area contributed by atoms with Crippen LogP contribution in [0.5, 0.6) is 0 Å². The van der Waals surface area contributed by atoms with Gasteiger partial charge in [-0.1, -0.05) is 13.8 Å². The van der Waals surface area contributed by atoms with Crippen LogP contribution in [-0.2, 0) is 10.0 Å². The van der Waals surface area contributed by atoms with Gasteiger partial charge in [-0.2, -0.15) is 4.31 Å². The SMILES string of the molecule is CC1(C)CCCN(S(=O)(=O)c2cc(Br)cnc2N)C1. The van der Waals surface area contributed by atoms with Gasteiger partial charge in [0.2, 0.25) is 10.0 Å². The zero-order valence-corrected chi connectivity index (χ0v) is 13.5. The normalized spacial score (nSPS) is 20.4. The molecule has 1 aromatic rings. The van der Waals surface area contributed by atoms with E-state index in [1.54, 1.807) is 0 Å². The first kappa shape index (κ1) is 14.7. The predicted octanol–water partition coefficient (Wildman–Crippen LogP) is 2.24. The number of nitrogen functional groups attached to an aromatic ring is 1. The second-order valence-corrected chi connectivity index (χ2v) is 8.47. The summed E-state index contributed by atoms with van der Waals surface area (Å²) in [5, 5.41) is 0. The molecule has 2 heterocycles. The lowest BCUT2D eigenvalue weighted by Gasteiger charge is -2.37. The summed E-state index contributed by atoms with van der Waals surface area (Å²) in [6, 6.07) is 1.51. The van der Waals surface area contributed by atoms with Gasteiger partial charge < -0.3 is 5.73 Å². The van der Waals surface area contributed by atoms with Crippen LogP contribution >= 0.6 is 15.9 Å². The smallest absolute Gasteiger partial charge is 0.246 e. The minimum absolute atomic E-state index is 0.000473. The standard InChI is InChI=1S/C12H18BrN3O2S/c1-12(2)4-3-5-16(8-12)19(17,18)10-6-9(13)7-15-11(10)14/h6-7H,3-5,8H2,1-2H3,(H2,14,15). The van der Waals surface area contributed by atoms with E-state index in [4.69, 9.17) is 5.73 Å². The molecule has 19 heavy (non-hydrogen) atoms. The Hall–Kier alpha value is -0.660. The molecule has 0 unspecified atom stereocenters. The molecule has 0 aliphatic carbocycles. The molecular formula is C12H18BrN3O2S. The quantitative estimate of drug-likeness (QED) is 0.889. The molecule has 5 nitrogen and oxygen atoms in total. The van der Waals surface area contributed by atoms with Crippen molar-refractivity contribution in [3.05, 3.63) is 16.7 Å². The average molecular weight is 348 g/mol. The van der Waals surface area contributed by atoms with Crippen LogP contribution in [0.4, 0.5) is 5.82 Å². The van der Waals surface area contributed by atoms with E-state index in [9.17, 15) is 8.42 Å². The molecule has 0 bridgehead atoms. The number of sulfonamides is 1. The summed E-state index contributed by atoms with van der Waals surface area (Å²) in [5.41, 5.74) is 5.71. The second-order valence-electron chi connectivity index (χ2n) is 5.64. The summed E-state index contributed by atoms with van der Waals surface area (Å²) in [7, 11) is -3.57. The lowest BCUT2D eigenvalue weighted by atomic mass is 9.85. The highest BCUT2D eigenvalue weighted by Gasteiger charge is 2.35. The molecular weight excluding hydrogens is 330 g/mol. The number of aromatic nitrogens is 1. The van der Waals surface area contributed by atoms with Crippen LogP contribution in [0.3, 0.4) is 0 Å². The molecule has 0 spiro atoms. The van der Waals surface area contributed by atoms with Gasteiger partial charge in [-0.3, -0.25) is 0 Å². The van der Waals surface area contributed by atoms with Crippen molar-refractivity contribution in [2.45, 2.75) is 31.6 Å². The van der Waals surface area contributed by atoms with Crippen molar-refractivity contribution < 1.29 is 8.42 Å². The highest BCUT2D eigenvalue weighted by molar-refractivity contribution is 9.10. The highest BCUT2D eigenvalue weighted by atomic mass is 79.9. The van der Waals surface area contributed by atoms with Crippen molar-refractivity contribution in [1.29, 1.82) is 0 Å². The Kier molecular flexibility index (Phi) is 3.90. The molecule has 2 N–H and O–H groups in total. The topological polar surface area (TPSA) is 76.3 Å². The zero-order valence-electron chi connectivity index (χ0n) is 11.1. The summed E-state index contributed by atoms with van der Waals surface area (Å²) in [6.45, 7) is 5.22. The second kappa shape index (κ2) is 5.03. The summed E-state index contributed by atoms with van der Waals surface area (Å²) >= 11 is 3.23. The number of pyridine rings is 1. The average Bonchev–Trinajstić information content (AvgIpc) is 2.31. The molecule has 7 heteroatoms. The number of rotatable bonds is 2. The first-order valence-electron chi connectivity index (χ1n) is 6.14. The number of hydrogen-bond acceptors (Lipinski definition) is 4. The number of anilines is 1. The monoisotopic (exact) mass is 347 g/mol. The molecule has 2 rings (SSSR count). The van der Waals surface area contributed by atoms with E-state index in [0.29, 0.717) is 17.6 Å². The maximum atomic E-state index is 12.6. The molecule has 106 valence electrons. The fourth-order valence-corrected chi connectivity index (χ4v) is 4.59. The van der Waals surface area contributed by atoms with E-state index in [0.717, 1.165) is 12.8 Å². The fourth-order valence-electron chi connectivity index (χ4n) is 2.35. The first-order valence-corrected chi connectivity index (χ1v) is 8.37. The highest BCUT2D eigenvalue weighted by Crippen LogP contribution is 2.33. The summed E-state index contributed by atoms with van der Waals surface area (Å²) in [6.07, 6.45) is 3.40. The molecule has 0 saturated carbocycles.